The van der Waals surface area contributed by atoms with Crippen molar-refractivity contribution >= 4 is 17.6 Å². The monoisotopic (exact) mass is 320 g/mol. The molecule has 0 amide bonds. The average Bonchev–Trinajstić information content (AvgIpc) is 3.04. The molecule has 1 saturated carbocycles. The van der Waals surface area contributed by atoms with E-state index >= 15 is 0 Å². The Kier molecular flexibility index (Phi) is 3.88. The van der Waals surface area contributed by atoms with E-state index in [1.807, 2.05) is 0 Å². The maximum absolute atomic E-state index is 11.7. The van der Waals surface area contributed by atoms with E-state index in [4.69, 9.17) is 17.3 Å². The normalized spacial score (nSPS) is 23.5. The fraction of sp³-hybridized carbons (Fsp3) is 0.400. The molecule has 2 aromatic rings. The van der Waals surface area contributed by atoms with E-state index in [1.165, 1.54) is 0 Å². The van der Waals surface area contributed by atoms with E-state index in [1.54, 1.807) is 35.4 Å². The molecule has 0 aliphatic heterocycles. The minimum absolute atomic E-state index is 0.107. The van der Waals surface area contributed by atoms with Crippen molar-refractivity contribution in [3.8, 4) is 5.82 Å². The highest BCUT2D eigenvalue weighted by Crippen LogP contribution is 2.56. The number of carbonyl (C=O) groups is 1. The van der Waals surface area contributed by atoms with Crippen LogP contribution in [0, 0.1) is 5.92 Å². The van der Waals surface area contributed by atoms with E-state index in [2.05, 4.69) is 9.97 Å². The number of carboxylic acid groups (broad SMARTS) is 1. The molecule has 0 spiro atoms. The molecule has 2 aromatic heterocycles. The van der Waals surface area contributed by atoms with Gasteiger partial charge in [0.1, 0.15) is 17.6 Å². The Balaban J connectivity index is 1.86. The zero-order valence-corrected chi connectivity index (χ0v) is 12.7. The van der Waals surface area contributed by atoms with Crippen LogP contribution in [-0.4, -0.2) is 32.2 Å². The number of carboxylic acids is 1. The summed E-state index contributed by atoms with van der Waals surface area (Å²) >= 11 is 5.82. The molecule has 0 radical (unpaired) electrons. The Morgan fingerprint density at radius 3 is 2.95 bits per heavy atom. The lowest BCUT2D eigenvalue weighted by atomic mass is 9.98. The van der Waals surface area contributed by atoms with Crippen LogP contribution in [0.25, 0.3) is 5.82 Å². The average molecular weight is 321 g/mol. The Bertz CT molecular complexity index is 685. The Hall–Kier alpha value is -1.92. The van der Waals surface area contributed by atoms with Gasteiger partial charge in [0.2, 0.25) is 0 Å². The Morgan fingerprint density at radius 1 is 1.50 bits per heavy atom. The van der Waals surface area contributed by atoms with Crippen LogP contribution in [0.15, 0.2) is 30.9 Å². The van der Waals surface area contributed by atoms with Gasteiger partial charge >= 0.3 is 5.97 Å². The molecular formula is C15H17ClN4O2. The molecule has 1 aliphatic rings. The molecule has 7 heteroatoms. The number of halogens is 1. The molecule has 1 aliphatic carbocycles. The van der Waals surface area contributed by atoms with Crippen molar-refractivity contribution in [3.63, 3.8) is 0 Å². The van der Waals surface area contributed by atoms with Crippen LogP contribution in [0.5, 0.6) is 0 Å². The number of aliphatic carboxylic acids is 1. The third-order valence-electron chi connectivity index (χ3n) is 4.26. The minimum atomic E-state index is -0.868. The molecular weight excluding hydrogens is 304 g/mol. The lowest BCUT2D eigenvalue weighted by molar-refractivity contribution is -0.140. The lowest BCUT2D eigenvalue weighted by Crippen LogP contribution is -2.23. The zero-order chi connectivity index (χ0) is 15.7. The lowest BCUT2D eigenvalue weighted by Gasteiger charge is -2.09. The number of aromatic nitrogens is 3. The van der Waals surface area contributed by atoms with Gasteiger partial charge in [0.15, 0.2) is 0 Å². The van der Waals surface area contributed by atoms with E-state index in [-0.39, 0.29) is 5.92 Å². The van der Waals surface area contributed by atoms with Crippen LogP contribution in [0.4, 0.5) is 0 Å². The predicted molar refractivity (Wildman–Crippen MR) is 82.1 cm³/mol. The number of hydrogen-bond donors (Lipinski definition) is 2. The topological polar surface area (TPSA) is 94.0 Å². The van der Waals surface area contributed by atoms with Crippen molar-refractivity contribution in [1.82, 2.24) is 14.5 Å². The quantitative estimate of drug-likeness (QED) is 0.849. The van der Waals surface area contributed by atoms with Gasteiger partial charge in [-0.2, -0.15) is 0 Å². The fourth-order valence-electron chi connectivity index (χ4n) is 2.93. The second-order valence-corrected chi connectivity index (χ2v) is 6.05. The molecule has 3 N–H and O–H groups in total. The van der Waals surface area contributed by atoms with Gasteiger partial charge in [0.25, 0.3) is 0 Å². The van der Waals surface area contributed by atoms with Gasteiger partial charge in [-0.3, -0.25) is 9.36 Å². The Morgan fingerprint density at radius 2 is 2.32 bits per heavy atom. The molecule has 0 bridgehead atoms. The summed E-state index contributed by atoms with van der Waals surface area (Å²) in [5.41, 5.74) is 5.23. The van der Waals surface area contributed by atoms with Gasteiger partial charge in [0, 0.05) is 12.4 Å². The van der Waals surface area contributed by atoms with Crippen LogP contribution in [0.3, 0.4) is 0 Å². The highest BCUT2D eigenvalue weighted by Gasteiger charge is 2.62. The molecule has 0 aromatic carbocycles. The van der Waals surface area contributed by atoms with Crippen LogP contribution >= 0.6 is 11.6 Å². The Labute approximate surface area is 132 Å². The van der Waals surface area contributed by atoms with Crippen molar-refractivity contribution in [2.24, 2.45) is 11.7 Å². The first kappa shape index (κ1) is 15.0. The van der Waals surface area contributed by atoms with E-state index in [0.717, 1.165) is 12.8 Å². The molecule has 1 fully saturated rings. The number of hydrogen-bond acceptors (Lipinski definition) is 4. The van der Waals surface area contributed by atoms with E-state index in [9.17, 15) is 9.90 Å². The maximum atomic E-state index is 11.7. The molecule has 0 saturated heterocycles. The SMILES string of the molecule is NCCC[C@H]1C[C@]1(C(=O)O)c1cn(-c2ccc(Cl)cn2)cn1. The molecule has 6 nitrogen and oxygen atoms in total. The molecule has 2 heterocycles. The molecule has 2 atom stereocenters. The van der Waals surface area contributed by atoms with Gasteiger partial charge < -0.3 is 10.8 Å². The van der Waals surface area contributed by atoms with Crippen molar-refractivity contribution in [1.29, 1.82) is 0 Å². The van der Waals surface area contributed by atoms with Crippen molar-refractivity contribution < 1.29 is 9.90 Å². The van der Waals surface area contributed by atoms with Crippen LogP contribution in [-0.2, 0) is 10.2 Å². The highest BCUT2D eigenvalue weighted by atomic mass is 35.5. The highest BCUT2D eigenvalue weighted by molar-refractivity contribution is 6.30. The van der Waals surface area contributed by atoms with Crippen molar-refractivity contribution in [3.05, 3.63) is 41.6 Å². The summed E-state index contributed by atoms with van der Waals surface area (Å²) in [5, 5.41) is 10.2. The standard InChI is InChI=1S/C15H17ClN4O2/c16-11-3-4-13(18-7-11)20-8-12(19-9-20)15(14(21)22)6-10(15)2-1-5-17/h3-4,7-10H,1-2,5-6,17H2,(H,21,22)/t10-,15+/m0/s1. The largest absolute Gasteiger partial charge is 0.481 e. The number of nitrogens with zero attached hydrogens (tertiary/aromatic N) is 3. The summed E-state index contributed by atoms with van der Waals surface area (Å²) < 4.78 is 1.72. The van der Waals surface area contributed by atoms with Gasteiger partial charge in [0.05, 0.1) is 10.7 Å². The summed E-state index contributed by atoms with van der Waals surface area (Å²) in [6, 6.07) is 3.50. The molecule has 3 rings (SSSR count). The third kappa shape index (κ3) is 2.48. The summed E-state index contributed by atoms with van der Waals surface area (Å²) in [7, 11) is 0. The van der Waals surface area contributed by atoms with Crippen LogP contribution < -0.4 is 5.73 Å². The van der Waals surface area contributed by atoms with Gasteiger partial charge in [-0.25, -0.2) is 9.97 Å². The van der Waals surface area contributed by atoms with Crippen LogP contribution in [0.2, 0.25) is 5.02 Å². The second-order valence-electron chi connectivity index (χ2n) is 5.61. The minimum Gasteiger partial charge on any atom is -0.481 e. The molecule has 0 unspecified atom stereocenters. The molecule has 22 heavy (non-hydrogen) atoms. The first-order chi connectivity index (χ1) is 10.6. The third-order valence-corrected chi connectivity index (χ3v) is 4.48. The number of rotatable bonds is 6. The first-order valence-corrected chi connectivity index (χ1v) is 7.55. The summed E-state index contributed by atoms with van der Waals surface area (Å²) in [4.78, 5) is 20.2. The smallest absolute Gasteiger partial charge is 0.316 e. The number of imidazole rings is 1. The molecule has 116 valence electrons. The maximum Gasteiger partial charge on any atom is 0.316 e. The summed E-state index contributed by atoms with van der Waals surface area (Å²) in [5.74, 6) is -0.0539. The van der Waals surface area contributed by atoms with E-state index in [0.29, 0.717) is 29.5 Å². The van der Waals surface area contributed by atoms with Crippen LogP contribution in [0.1, 0.15) is 25.0 Å². The van der Waals surface area contributed by atoms with Crippen molar-refractivity contribution in [2.45, 2.75) is 24.7 Å². The van der Waals surface area contributed by atoms with Gasteiger partial charge in [-0.15, -0.1) is 0 Å². The van der Waals surface area contributed by atoms with Gasteiger partial charge in [-0.1, -0.05) is 11.6 Å². The predicted octanol–water partition coefficient (Wildman–Crippen LogP) is 2.00. The summed E-state index contributed by atoms with van der Waals surface area (Å²) in [6.45, 7) is 0.579. The van der Waals surface area contributed by atoms with Crippen molar-refractivity contribution in [2.75, 3.05) is 6.54 Å². The first-order valence-electron chi connectivity index (χ1n) is 7.18. The zero-order valence-electron chi connectivity index (χ0n) is 11.9. The fourth-order valence-corrected chi connectivity index (χ4v) is 3.04. The van der Waals surface area contributed by atoms with E-state index < -0.39 is 11.4 Å². The number of nitrogens with two attached hydrogens (primary N) is 1. The second kappa shape index (κ2) is 5.70. The number of pyridine rings is 1. The summed E-state index contributed by atoms with van der Waals surface area (Å²) in [6.07, 6.45) is 7.15. The van der Waals surface area contributed by atoms with Gasteiger partial charge in [-0.05, 0) is 43.9 Å².